The molecule has 0 aliphatic heterocycles. The quantitative estimate of drug-likeness (QED) is 0.0488. The average molecular weight is 778 g/mol. The van der Waals surface area contributed by atoms with Crippen LogP contribution in [0, 0.1) is 0 Å². The minimum absolute atomic E-state index is 0.0161. The summed E-state index contributed by atoms with van der Waals surface area (Å²) in [5.41, 5.74) is 3.23. The van der Waals surface area contributed by atoms with Crippen LogP contribution in [-0.4, -0.2) is 53.0 Å². The van der Waals surface area contributed by atoms with Gasteiger partial charge in [-0.3, -0.25) is 14.4 Å². The van der Waals surface area contributed by atoms with Gasteiger partial charge in [0.25, 0.3) is 11.8 Å². The fraction of sp³-hybridized carbons (Fsp3) is 0.263. The second-order valence-electron chi connectivity index (χ2n) is 11.3. The first-order valence-corrected chi connectivity index (χ1v) is 17.5. The third-order valence-electron chi connectivity index (χ3n) is 7.62. The lowest BCUT2D eigenvalue weighted by atomic mass is 10.0. The van der Waals surface area contributed by atoms with Gasteiger partial charge < -0.3 is 30.5 Å². The molecule has 4 aromatic rings. The van der Waals surface area contributed by atoms with Crippen LogP contribution in [0.2, 0.25) is 0 Å². The molecule has 0 bridgehead atoms. The summed E-state index contributed by atoms with van der Waals surface area (Å²) in [5, 5.41) is 18.0. The summed E-state index contributed by atoms with van der Waals surface area (Å²) >= 11 is 2.39. The number of hydrogen-bond donors (Lipinski definition) is 4. The van der Waals surface area contributed by atoms with E-state index in [0.29, 0.717) is 34.9 Å². The van der Waals surface area contributed by atoms with Gasteiger partial charge in [-0.25, -0.2) is 4.79 Å². The monoisotopic (exact) mass is 777 g/mol. The maximum atomic E-state index is 12.9. The van der Waals surface area contributed by atoms with E-state index in [2.05, 4.69) is 38.5 Å². The van der Waals surface area contributed by atoms with Crippen LogP contribution in [0.15, 0.2) is 97.1 Å². The number of methoxy groups -OCH3 is 1. The van der Waals surface area contributed by atoms with Gasteiger partial charge >= 0.3 is 5.97 Å². The number of carboxylic acids is 1. The summed E-state index contributed by atoms with van der Waals surface area (Å²) in [4.78, 5) is 50.1. The molecule has 0 aliphatic carbocycles. The lowest BCUT2D eigenvalue weighted by Crippen LogP contribution is -2.42. The van der Waals surface area contributed by atoms with Gasteiger partial charge in [-0.2, -0.15) is 0 Å². The molecule has 0 radical (unpaired) electrons. The van der Waals surface area contributed by atoms with Gasteiger partial charge in [0.2, 0.25) is 5.91 Å². The van der Waals surface area contributed by atoms with Crippen molar-refractivity contribution >= 4 is 57.7 Å². The van der Waals surface area contributed by atoms with E-state index in [1.54, 1.807) is 67.8 Å². The molecule has 0 aliphatic rings. The Balaban J connectivity index is 1.24. The molecule has 49 heavy (non-hydrogen) atoms. The Labute approximate surface area is 299 Å². The number of hydrogen-bond acceptors (Lipinski definition) is 6. The first-order valence-electron chi connectivity index (χ1n) is 16.0. The highest BCUT2D eigenvalue weighted by atomic mass is 127. The van der Waals surface area contributed by atoms with Crippen LogP contribution >= 0.6 is 22.6 Å². The van der Waals surface area contributed by atoms with Crippen molar-refractivity contribution in [3.8, 4) is 11.5 Å². The van der Waals surface area contributed by atoms with Gasteiger partial charge in [-0.1, -0.05) is 59.7 Å². The highest BCUT2D eigenvalue weighted by molar-refractivity contribution is 14.1. The van der Waals surface area contributed by atoms with Crippen LogP contribution in [0.4, 0.5) is 11.4 Å². The van der Waals surface area contributed by atoms with Crippen LogP contribution in [0.3, 0.4) is 0 Å². The summed E-state index contributed by atoms with van der Waals surface area (Å²) in [6.07, 6.45) is 4.78. The molecule has 0 heterocycles. The third-order valence-corrected chi connectivity index (χ3v) is 8.39. The number of carbonyl (C=O) groups excluding carboxylic acids is 3. The standard InChI is InChI=1S/C38H40IN3O7/c1-48-32-18-8-27(9-19-32)25-35(43)40-30-14-12-29(13-15-30)37(45)42-34(38(46)47)24-26-6-10-28(11-7-26)36(44)41-31-16-20-33(21-17-31)49-23-5-3-2-4-22-39/h6-21,34H,2-5,22-25H2,1H3,(H,40,43)(H,41,44)(H,42,45)(H,46,47). The molecule has 256 valence electrons. The number of alkyl halides is 1. The minimum Gasteiger partial charge on any atom is -0.497 e. The number of benzene rings is 4. The Hall–Kier alpha value is -4.91. The smallest absolute Gasteiger partial charge is 0.326 e. The van der Waals surface area contributed by atoms with Crippen LogP contribution in [0.1, 0.15) is 57.5 Å². The molecule has 4 aromatic carbocycles. The molecule has 1 atom stereocenters. The Morgan fingerprint density at radius 3 is 1.86 bits per heavy atom. The molecule has 3 amide bonds. The van der Waals surface area contributed by atoms with Gasteiger partial charge in [0.1, 0.15) is 17.5 Å². The SMILES string of the molecule is COc1ccc(CC(=O)Nc2ccc(C(=O)NC(Cc3ccc(C(=O)Nc4ccc(OCCCCCCI)cc4)cc3)C(=O)O)cc2)cc1. The number of nitrogens with one attached hydrogen (secondary N) is 3. The van der Waals surface area contributed by atoms with Gasteiger partial charge in [-0.15, -0.1) is 0 Å². The third kappa shape index (κ3) is 12.2. The molecule has 0 saturated heterocycles. The first kappa shape index (κ1) is 36.9. The number of rotatable bonds is 18. The normalized spacial score (nSPS) is 11.2. The van der Waals surface area contributed by atoms with Gasteiger partial charge in [0.05, 0.1) is 20.1 Å². The lowest BCUT2D eigenvalue weighted by Gasteiger charge is -2.15. The van der Waals surface area contributed by atoms with Crippen molar-refractivity contribution in [3.63, 3.8) is 0 Å². The van der Waals surface area contributed by atoms with E-state index in [1.807, 2.05) is 24.3 Å². The first-order chi connectivity index (χ1) is 23.7. The average Bonchev–Trinajstić information content (AvgIpc) is 3.11. The van der Waals surface area contributed by atoms with Crippen molar-refractivity contribution in [2.45, 2.75) is 44.6 Å². The van der Waals surface area contributed by atoms with Crippen molar-refractivity contribution in [2.75, 3.05) is 28.8 Å². The van der Waals surface area contributed by atoms with E-state index in [1.165, 1.54) is 29.4 Å². The fourth-order valence-electron chi connectivity index (χ4n) is 4.89. The van der Waals surface area contributed by atoms with Crippen LogP contribution in [-0.2, 0) is 22.4 Å². The summed E-state index contributed by atoms with van der Waals surface area (Å²) in [6.45, 7) is 0.660. The summed E-state index contributed by atoms with van der Waals surface area (Å²) in [5.74, 6) is -0.839. The van der Waals surface area contributed by atoms with E-state index < -0.39 is 17.9 Å². The zero-order valence-corrected chi connectivity index (χ0v) is 29.4. The largest absolute Gasteiger partial charge is 0.497 e. The topological polar surface area (TPSA) is 143 Å². The van der Waals surface area contributed by atoms with Gasteiger partial charge in [0, 0.05) is 28.9 Å². The molecule has 1 unspecified atom stereocenters. The molecule has 0 fully saturated rings. The van der Waals surface area contributed by atoms with Crippen molar-refractivity contribution in [3.05, 3.63) is 119 Å². The minimum atomic E-state index is -1.20. The van der Waals surface area contributed by atoms with Crippen molar-refractivity contribution in [1.29, 1.82) is 0 Å². The van der Waals surface area contributed by atoms with E-state index in [4.69, 9.17) is 9.47 Å². The Morgan fingerprint density at radius 1 is 0.673 bits per heavy atom. The summed E-state index contributed by atoms with van der Waals surface area (Å²) < 4.78 is 12.1. The number of unbranched alkanes of at least 4 members (excludes halogenated alkanes) is 3. The van der Waals surface area contributed by atoms with Crippen molar-refractivity contribution in [2.24, 2.45) is 0 Å². The van der Waals surface area contributed by atoms with Crippen LogP contribution < -0.4 is 25.4 Å². The van der Waals surface area contributed by atoms with Crippen molar-refractivity contribution in [1.82, 2.24) is 5.32 Å². The number of halogens is 1. The number of carbonyl (C=O) groups is 4. The Kier molecular flexibility index (Phi) is 14.4. The molecule has 11 heteroatoms. The highest BCUT2D eigenvalue weighted by Crippen LogP contribution is 2.18. The van der Waals surface area contributed by atoms with E-state index in [-0.39, 0.29) is 30.2 Å². The predicted molar refractivity (Wildman–Crippen MR) is 198 cm³/mol. The molecule has 4 N–H and O–H groups in total. The van der Waals surface area contributed by atoms with Gasteiger partial charge in [-0.05, 0) is 101 Å². The maximum absolute atomic E-state index is 12.9. The summed E-state index contributed by atoms with van der Waals surface area (Å²) in [6, 6.07) is 25.9. The van der Waals surface area contributed by atoms with Crippen LogP contribution in [0.25, 0.3) is 0 Å². The van der Waals surface area contributed by atoms with Gasteiger partial charge in [0.15, 0.2) is 0 Å². The number of aliphatic carboxylic acids is 1. The number of anilines is 2. The maximum Gasteiger partial charge on any atom is 0.326 e. The molecule has 0 saturated carbocycles. The molecular weight excluding hydrogens is 737 g/mol. The number of ether oxygens (including phenoxy) is 2. The lowest BCUT2D eigenvalue weighted by molar-refractivity contribution is -0.139. The zero-order valence-electron chi connectivity index (χ0n) is 27.2. The fourth-order valence-corrected chi connectivity index (χ4v) is 5.43. The molecule has 10 nitrogen and oxygen atoms in total. The Morgan fingerprint density at radius 2 is 1.22 bits per heavy atom. The Bertz CT molecular complexity index is 1680. The molecular formula is C38H40IN3O7. The number of amides is 3. The summed E-state index contributed by atoms with van der Waals surface area (Å²) in [7, 11) is 1.57. The molecule has 4 rings (SSSR count). The molecule has 0 spiro atoms. The van der Waals surface area contributed by atoms with E-state index >= 15 is 0 Å². The van der Waals surface area contributed by atoms with Crippen LogP contribution in [0.5, 0.6) is 11.5 Å². The van der Waals surface area contributed by atoms with Crippen molar-refractivity contribution < 1.29 is 33.8 Å². The number of carboxylic acid groups (broad SMARTS) is 1. The second kappa shape index (κ2) is 19.2. The molecule has 0 aromatic heterocycles. The zero-order chi connectivity index (χ0) is 35.0. The van der Waals surface area contributed by atoms with E-state index in [9.17, 15) is 24.3 Å². The van der Waals surface area contributed by atoms with E-state index in [0.717, 1.165) is 24.2 Å². The predicted octanol–water partition coefficient (Wildman–Crippen LogP) is 6.93. The highest BCUT2D eigenvalue weighted by Gasteiger charge is 2.21. The second-order valence-corrected chi connectivity index (χ2v) is 12.4.